The second-order valence-electron chi connectivity index (χ2n) is 5.49. The van der Waals surface area contributed by atoms with Crippen molar-refractivity contribution in [3.63, 3.8) is 0 Å². The number of hydrogen-bond acceptors (Lipinski definition) is 5. The summed E-state index contributed by atoms with van der Waals surface area (Å²) in [6.07, 6.45) is 0. The highest BCUT2D eigenvalue weighted by Crippen LogP contribution is 2.29. The van der Waals surface area contributed by atoms with E-state index < -0.39 is 0 Å². The lowest BCUT2D eigenvalue weighted by Gasteiger charge is -2.23. The Bertz CT molecular complexity index is 602. The van der Waals surface area contributed by atoms with E-state index >= 15 is 0 Å². The second kappa shape index (κ2) is 4.82. The number of aromatic nitrogens is 2. The topological polar surface area (TPSA) is 88.7 Å². The quantitative estimate of drug-likeness (QED) is 0.892. The van der Waals surface area contributed by atoms with Crippen LogP contribution in [-0.2, 0) is 0 Å². The molecule has 0 amide bonds. The highest BCUT2D eigenvalue weighted by molar-refractivity contribution is 5.54. The van der Waals surface area contributed by atoms with Crippen LogP contribution < -0.4 is 5.73 Å². The second-order valence-corrected chi connectivity index (χ2v) is 5.49. The molecule has 2 aromatic rings. The van der Waals surface area contributed by atoms with Gasteiger partial charge in [0.05, 0.1) is 17.7 Å². The number of rotatable bonds is 2. The molecule has 0 saturated heterocycles. The average Bonchev–Trinajstić information content (AvgIpc) is 2.86. The van der Waals surface area contributed by atoms with E-state index in [1.54, 1.807) is 24.3 Å². The molecule has 5 heteroatoms. The molecule has 0 aliphatic heterocycles. The zero-order valence-corrected chi connectivity index (χ0v) is 11.2. The summed E-state index contributed by atoms with van der Waals surface area (Å²) < 4.78 is 5.22. The summed E-state index contributed by atoms with van der Waals surface area (Å²) in [5.74, 6) is 0.908. The Morgan fingerprint density at radius 2 is 1.89 bits per heavy atom. The fourth-order valence-corrected chi connectivity index (χ4v) is 1.55. The molecule has 1 atom stereocenters. The van der Waals surface area contributed by atoms with Gasteiger partial charge in [0.1, 0.15) is 0 Å². The minimum Gasteiger partial charge on any atom is -0.334 e. The van der Waals surface area contributed by atoms with Crippen LogP contribution in [0.15, 0.2) is 28.8 Å². The maximum Gasteiger partial charge on any atom is 0.257 e. The molecule has 0 radical (unpaired) electrons. The molecule has 5 nitrogen and oxygen atoms in total. The lowest BCUT2D eigenvalue weighted by atomic mass is 9.87. The SMILES string of the molecule is CC(C)(C)C(N)c1noc(-c2ccc(C#N)cc2)n1. The number of benzene rings is 1. The summed E-state index contributed by atoms with van der Waals surface area (Å²) in [5, 5.41) is 12.7. The summed E-state index contributed by atoms with van der Waals surface area (Å²) in [6, 6.07) is 8.75. The molecule has 1 aromatic heterocycles. The molecule has 98 valence electrons. The summed E-state index contributed by atoms with van der Waals surface area (Å²) in [7, 11) is 0. The zero-order valence-electron chi connectivity index (χ0n) is 11.2. The Hall–Kier alpha value is -2.19. The highest BCUT2D eigenvalue weighted by Gasteiger charge is 2.27. The Labute approximate surface area is 112 Å². The summed E-state index contributed by atoms with van der Waals surface area (Å²) >= 11 is 0. The van der Waals surface area contributed by atoms with Crippen molar-refractivity contribution in [1.82, 2.24) is 10.1 Å². The Kier molecular flexibility index (Phi) is 3.36. The minimum absolute atomic E-state index is 0.133. The highest BCUT2D eigenvalue weighted by atomic mass is 16.5. The summed E-state index contributed by atoms with van der Waals surface area (Å²) in [4.78, 5) is 4.32. The lowest BCUT2D eigenvalue weighted by molar-refractivity contribution is 0.303. The molecule has 1 heterocycles. The maximum absolute atomic E-state index is 8.75. The fraction of sp³-hybridized carbons (Fsp3) is 0.357. The first-order chi connectivity index (χ1) is 8.91. The van der Waals surface area contributed by atoms with Crippen molar-refractivity contribution < 1.29 is 4.52 Å². The summed E-state index contributed by atoms with van der Waals surface area (Å²) in [5.41, 5.74) is 7.32. The van der Waals surface area contributed by atoms with Crippen molar-refractivity contribution in [1.29, 1.82) is 5.26 Å². The molecular weight excluding hydrogens is 240 g/mol. The maximum atomic E-state index is 8.75. The third-order valence-electron chi connectivity index (χ3n) is 2.91. The van der Waals surface area contributed by atoms with Gasteiger partial charge in [0, 0.05) is 5.56 Å². The third-order valence-corrected chi connectivity index (χ3v) is 2.91. The van der Waals surface area contributed by atoms with E-state index in [0.29, 0.717) is 17.3 Å². The predicted octanol–water partition coefficient (Wildman–Crippen LogP) is 2.65. The standard InChI is InChI=1S/C14H16N4O/c1-14(2,3)11(16)12-17-13(19-18-12)10-6-4-9(8-15)5-7-10/h4-7,11H,16H2,1-3H3. The molecule has 1 aromatic carbocycles. The molecule has 2 N–H and O–H groups in total. The van der Waals surface area contributed by atoms with Crippen LogP contribution in [0.2, 0.25) is 0 Å². The number of hydrogen-bond donors (Lipinski definition) is 1. The lowest BCUT2D eigenvalue weighted by Crippen LogP contribution is -2.27. The molecule has 0 aliphatic rings. The van der Waals surface area contributed by atoms with Crippen LogP contribution >= 0.6 is 0 Å². The van der Waals surface area contributed by atoms with Crippen molar-refractivity contribution in [3.8, 4) is 17.5 Å². The van der Waals surface area contributed by atoms with Gasteiger partial charge in [0.15, 0.2) is 5.82 Å². The van der Waals surface area contributed by atoms with Gasteiger partial charge in [-0.2, -0.15) is 10.2 Å². The monoisotopic (exact) mass is 256 g/mol. The van der Waals surface area contributed by atoms with Crippen molar-refractivity contribution >= 4 is 0 Å². The average molecular weight is 256 g/mol. The minimum atomic E-state index is -0.289. The van der Waals surface area contributed by atoms with Crippen LogP contribution in [0.25, 0.3) is 11.5 Å². The van der Waals surface area contributed by atoms with Gasteiger partial charge >= 0.3 is 0 Å². The summed E-state index contributed by atoms with van der Waals surface area (Å²) in [6.45, 7) is 6.07. The van der Waals surface area contributed by atoms with Gasteiger partial charge in [-0.15, -0.1) is 0 Å². The molecule has 0 aliphatic carbocycles. The van der Waals surface area contributed by atoms with Gasteiger partial charge in [0.2, 0.25) is 0 Å². The first-order valence-electron chi connectivity index (χ1n) is 6.01. The molecular formula is C14H16N4O. The third kappa shape index (κ3) is 2.80. The van der Waals surface area contributed by atoms with Gasteiger partial charge in [-0.3, -0.25) is 0 Å². The zero-order chi connectivity index (χ0) is 14.0. The van der Waals surface area contributed by atoms with Gasteiger partial charge in [-0.1, -0.05) is 25.9 Å². The number of nitriles is 1. The van der Waals surface area contributed by atoms with Gasteiger partial charge < -0.3 is 10.3 Å². The Balaban J connectivity index is 2.28. The molecule has 0 saturated carbocycles. The first-order valence-corrected chi connectivity index (χ1v) is 6.01. The van der Waals surface area contributed by atoms with Gasteiger partial charge in [-0.25, -0.2) is 0 Å². The van der Waals surface area contributed by atoms with Crippen LogP contribution in [-0.4, -0.2) is 10.1 Å². The van der Waals surface area contributed by atoms with E-state index in [4.69, 9.17) is 15.5 Å². The number of nitrogens with two attached hydrogens (primary N) is 1. The molecule has 2 rings (SSSR count). The van der Waals surface area contributed by atoms with Crippen molar-refractivity contribution in [2.75, 3.05) is 0 Å². The van der Waals surface area contributed by atoms with E-state index in [1.165, 1.54) is 0 Å². The van der Waals surface area contributed by atoms with Gasteiger partial charge in [0.25, 0.3) is 5.89 Å². The van der Waals surface area contributed by atoms with E-state index in [1.807, 2.05) is 20.8 Å². The normalized spacial score (nSPS) is 13.0. The van der Waals surface area contributed by atoms with E-state index in [-0.39, 0.29) is 11.5 Å². The Morgan fingerprint density at radius 3 is 2.42 bits per heavy atom. The molecule has 0 fully saturated rings. The molecule has 0 bridgehead atoms. The largest absolute Gasteiger partial charge is 0.334 e. The van der Waals surface area contributed by atoms with Crippen molar-refractivity contribution in [2.24, 2.45) is 11.1 Å². The Morgan fingerprint density at radius 1 is 1.26 bits per heavy atom. The van der Waals surface area contributed by atoms with Crippen LogP contribution in [0.5, 0.6) is 0 Å². The molecule has 1 unspecified atom stereocenters. The van der Waals surface area contributed by atoms with E-state index in [2.05, 4.69) is 16.2 Å². The van der Waals surface area contributed by atoms with E-state index in [9.17, 15) is 0 Å². The van der Waals surface area contributed by atoms with Crippen molar-refractivity contribution in [3.05, 3.63) is 35.7 Å². The number of nitrogens with zero attached hydrogens (tertiary/aromatic N) is 3. The smallest absolute Gasteiger partial charge is 0.257 e. The first kappa shape index (κ1) is 13.2. The van der Waals surface area contributed by atoms with E-state index in [0.717, 1.165) is 5.56 Å². The molecule has 19 heavy (non-hydrogen) atoms. The fourth-order valence-electron chi connectivity index (χ4n) is 1.55. The van der Waals surface area contributed by atoms with Crippen molar-refractivity contribution in [2.45, 2.75) is 26.8 Å². The van der Waals surface area contributed by atoms with Crippen LogP contribution in [0.1, 0.15) is 38.2 Å². The predicted molar refractivity (Wildman–Crippen MR) is 70.8 cm³/mol. The molecule has 0 spiro atoms. The van der Waals surface area contributed by atoms with Crippen LogP contribution in [0, 0.1) is 16.7 Å². The van der Waals surface area contributed by atoms with Crippen LogP contribution in [0.4, 0.5) is 0 Å². The van der Waals surface area contributed by atoms with Gasteiger partial charge in [-0.05, 0) is 29.7 Å². The van der Waals surface area contributed by atoms with Crippen LogP contribution in [0.3, 0.4) is 0 Å².